The van der Waals surface area contributed by atoms with Gasteiger partial charge >= 0.3 is 0 Å². The molecule has 9 heteroatoms. The highest BCUT2D eigenvalue weighted by Gasteiger charge is 2.33. The lowest BCUT2D eigenvalue weighted by atomic mass is 9.91. The van der Waals surface area contributed by atoms with Crippen LogP contribution >= 0.6 is 0 Å². The third-order valence-corrected chi connectivity index (χ3v) is 4.85. The highest BCUT2D eigenvalue weighted by Crippen LogP contribution is 2.46. The average molecular weight is 428 g/mol. The van der Waals surface area contributed by atoms with Crippen LogP contribution in [-0.4, -0.2) is 30.5 Å². The van der Waals surface area contributed by atoms with Crippen LogP contribution in [0.15, 0.2) is 42.7 Å². The summed E-state index contributed by atoms with van der Waals surface area (Å²) >= 11 is 0. The van der Waals surface area contributed by atoms with E-state index in [-0.39, 0.29) is 23.0 Å². The Morgan fingerprint density at radius 1 is 0.871 bits per heavy atom. The molecule has 0 aliphatic carbocycles. The van der Waals surface area contributed by atoms with Gasteiger partial charge in [0.05, 0.1) is 7.11 Å². The molecule has 0 fully saturated rings. The molecule has 0 radical (unpaired) electrons. The van der Waals surface area contributed by atoms with Crippen LogP contribution in [0.5, 0.6) is 28.7 Å². The molecule has 0 bridgehead atoms. The number of benzene rings is 1. The SMILES string of the molecule is COc1cc(C(c2oc(C)cc(=O)c2O)c2oc(C)cc(=O)c2O)cc2c1OCCO2. The first-order valence-electron chi connectivity index (χ1n) is 9.45. The molecular formula is C22H20O9. The molecule has 2 N–H and O–H groups in total. The number of rotatable bonds is 4. The highest BCUT2D eigenvalue weighted by molar-refractivity contribution is 5.58. The summed E-state index contributed by atoms with van der Waals surface area (Å²) < 4.78 is 28.1. The van der Waals surface area contributed by atoms with Crippen molar-refractivity contribution < 1.29 is 33.3 Å². The summed E-state index contributed by atoms with van der Waals surface area (Å²) in [5.74, 6) is -1.40. The summed E-state index contributed by atoms with van der Waals surface area (Å²) in [6, 6.07) is 5.42. The quantitative estimate of drug-likeness (QED) is 0.644. The number of aromatic hydroxyl groups is 2. The highest BCUT2D eigenvalue weighted by atomic mass is 16.6. The molecule has 0 amide bonds. The molecule has 162 valence electrons. The van der Waals surface area contributed by atoms with Crippen LogP contribution in [0.2, 0.25) is 0 Å². The van der Waals surface area contributed by atoms with E-state index in [0.717, 1.165) is 12.1 Å². The number of hydrogen-bond donors (Lipinski definition) is 2. The summed E-state index contributed by atoms with van der Waals surface area (Å²) in [5.41, 5.74) is -0.986. The minimum Gasteiger partial charge on any atom is -0.502 e. The zero-order valence-corrected chi connectivity index (χ0v) is 17.1. The Labute approximate surface area is 176 Å². The van der Waals surface area contributed by atoms with Gasteiger partial charge in [-0.2, -0.15) is 0 Å². The van der Waals surface area contributed by atoms with Gasteiger partial charge in [0.25, 0.3) is 0 Å². The molecule has 0 atom stereocenters. The number of methoxy groups -OCH3 is 1. The Hall–Kier alpha value is -3.88. The minimum atomic E-state index is -1.16. The van der Waals surface area contributed by atoms with Crippen molar-refractivity contribution in [3.8, 4) is 28.7 Å². The van der Waals surface area contributed by atoms with E-state index in [2.05, 4.69) is 0 Å². The van der Waals surface area contributed by atoms with Gasteiger partial charge in [0, 0.05) is 12.1 Å². The molecule has 2 aromatic heterocycles. The molecule has 4 rings (SSSR count). The molecule has 31 heavy (non-hydrogen) atoms. The molecule has 0 unspecified atom stereocenters. The molecule has 0 saturated carbocycles. The van der Waals surface area contributed by atoms with E-state index < -0.39 is 28.3 Å². The molecule has 3 aromatic rings. The van der Waals surface area contributed by atoms with Gasteiger partial charge in [-0.15, -0.1) is 0 Å². The zero-order chi connectivity index (χ0) is 22.3. The lowest BCUT2D eigenvalue weighted by Crippen LogP contribution is -2.17. The molecule has 1 aromatic carbocycles. The van der Waals surface area contributed by atoms with Crippen molar-refractivity contribution in [2.75, 3.05) is 20.3 Å². The van der Waals surface area contributed by atoms with Gasteiger partial charge in [-0.1, -0.05) is 0 Å². The largest absolute Gasteiger partial charge is 0.502 e. The van der Waals surface area contributed by atoms with Gasteiger partial charge < -0.3 is 33.3 Å². The maximum absolute atomic E-state index is 12.3. The number of fused-ring (bicyclic) bond motifs is 1. The van der Waals surface area contributed by atoms with Crippen molar-refractivity contribution in [2.24, 2.45) is 0 Å². The molecule has 0 spiro atoms. The van der Waals surface area contributed by atoms with Crippen molar-refractivity contribution >= 4 is 0 Å². The number of aryl methyl sites for hydroxylation is 2. The van der Waals surface area contributed by atoms with Crippen LogP contribution in [-0.2, 0) is 0 Å². The second-order valence-corrected chi connectivity index (χ2v) is 7.05. The topological polar surface area (TPSA) is 129 Å². The van der Waals surface area contributed by atoms with E-state index in [9.17, 15) is 19.8 Å². The first-order valence-corrected chi connectivity index (χ1v) is 9.45. The summed E-state index contributed by atoms with van der Waals surface area (Å²) in [4.78, 5) is 24.5. The maximum Gasteiger partial charge on any atom is 0.227 e. The van der Waals surface area contributed by atoms with Crippen molar-refractivity contribution in [2.45, 2.75) is 19.8 Å². The fourth-order valence-electron chi connectivity index (χ4n) is 3.52. The van der Waals surface area contributed by atoms with Crippen LogP contribution in [0, 0.1) is 13.8 Å². The third kappa shape index (κ3) is 3.58. The van der Waals surface area contributed by atoms with Gasteiger partial charge in [0.2, 0.25) is 28.1 Å². The van der Waals surface area contributed by atoms with Gasteiger partial charge in [-0.05, 0) is 31.5 Å². The Morgan fingerprint density at radius 3 is 1.97 bits per heavy atom. The molecule has 3 heterocycles. The monoisotopic (exact) mass is 428 g/mol. The van der Waals surface area contributed by atoms with E-state index in [0.29, 0.717) is 36.0 Å². The van der Waals surface area contributed by atoms with Crippen LogP contribution in [0.4, 0.5) is 0 Å². The summed E-state index contributed by atoms with van der Waals surface area (Å²) in [6.07, 6.45) is 0. The number of ether oxygens (including phenoxy) is 3. The van der Waals surface area contributed by atoms with Crippen molar-refractivity contribution in [3.63, 3.8) is 0 Å². The third-order valence-electron chi connectivity index (χ3n) is 4.85. The fourth-order valence-corrected chi connectivity index (χ4v) is 3.52. The lowest BCUT2D eigenvalue weighted by molar-refractivity contribution is 0.165. The van der Waals surface area contributed by atoms with E-state index >= 15 is 0 Å². The molecule has 1 aliphatic rings. The minimum absolute atomic E-state index is 0.201. The van der Waals surface area contributed by atoms with Crippen LogP contribution in [0.3, 0.4) is 0 Å². The Morgan fingerprint density at radius 2 is 1.42 bits per heavy atom. The summed E-state index contributed by atoms with van der Waals surface area (Å²) in [6.45, 7) is 3.73. The zero-order valence-electron chi connectivity index (χ0n) is 17.1. The van der Waals surface area contributed by atoms with E-state index in [1.165, 1.54) is 21.0 Å². The first-order chi connectivity index (χ1) is 14.8. The summed E-state index contributed by atoms with van der Waals surface area (Å²) in [7, 11) is 1.45. The predicted octanol–water partition coefficient (Wildman–Crippen LogP) is 2.58. The van der Waals surface area contributed by atoms with Crippen LogP contribution < -0.4 is 25.1 Å². The van der Waals surface area contributed by atoms with Crippen LogP contribution in [0.25, 0.3) is 0 Å². The van der Waals surface area contributed by atoms with Gasteiger partial charge in [0.1, 0.15) is 30.7 Å². The van der Waals surface area contributed by atoms with Gasteiger partial charge in [-0.3, -0.25) is 9.59 Å². The fraction of sp³-hybridized carbons (Fsp3) is 0.273. The smallest absolute Gasteiger partial charge is 0.227 e. The summed E-state index contributed by atoms with van der Waals surface area (Å²) in [5, 5.41) is 21.0. The Kier molecular flexibility index (Phi) is 5.10. The Bertz CT molecular complexity index is 1190. The van der Waals surface area contributed by atoms with E-state index in [4.69, 9.17) is 23.0 Å². The van der Waals surface area contributed by atoms with Crippen molar-refractivity contribution in [1.29, 1.82) is 0 Å². The predicted molar refractivity (Wildman–Crippen MR) is 108 cm³/mol. The molecule has 9 nitrogen and oxygen atoms in total. The first kappa shape index (κ1) is 20.4. The van der Waals surface area contributed by atoms with Crippen molar-refractivity contribution in [3.05, 3.63) is 73.3 Å². The molecule has 1 aliphatic heterocycles. The van der Waals surface area contributed by atoms with E-state index in [1.807, 2.05) is 0 Å². The Balaban J connectivity index is 2.06. The molecule has 0 saturated heterocycles. The standard InChI is InChI=1S/C22H20O9/c1-10-6-13(23)18(25)21(30-10)17(22-19(26)14(24)7-11(2)31-22)12-8-15(27-3)20-16(9-12)28-4-5-29-20/h6-9,17,25-26H,4-5H2,1-3H3. The van der Waals surface area contributed by atoms with E-state index in [1.54, 1.807) is 12.1 Å². The lowest BCUT2D eigenvalue weighted by Gasteiger charge is -2.24. The molecular weight excluding hydrogens is 408 g/mol. The average Bonchev–Trinajstić information content (AvgIpc) is 2.74. The van der Waals surface area contributed by atoms with Gasteiger partial charge in [0.15, 0.2) is 23.0 Å². The number of hydrogen-bond acceptors (Lipinski definition) is 9. The maximum atomic E-state index is 12.3. The second kappa shape index (κ2) is 7.75. The normalized spacial score (nSPS) is 12.8. The van der Waals surface area contributed by atoms with Gasteiger partial charge in [-0.25, -0.2) is 0 Å². The second-order valence-electron chi connectivity index (χ2n) is 7.05. The van der Waals surface area contributed by atoms with Crippen LogP contribution in [0.1, 0.15) is 34.5 Å². The van der Waals surface area contributed by atoms with Crippen molar-refractivity contribution in [1.82, 2.24) is 0 Å².